The van der Waals surface area contributed by atoms with Crippen LogP contribution in [0.1, 0.15) is 37.6 Å². The highest BCUT2D eigenvalue weighted by molar-refractivity contribution is 5.94. The van der Waals surface area contributed by atoms with E-state index in [0.29, 0.717) is 30.8 Å². The van der Waals surface area contributed by atoms with Crippen LogP contribution in [-0.2, 0) is 9.53 Å². The number of hydrogen-bond donors (Lipinski definition) is 4. The average Bonchev–Trinajstić information content (AvgIpc) is 2.51. The van der Waals surface area contributed by atoms with Crippen LogP contribution in [0.25, 0.3) is 0 Å². The predicted molar refractivity (Wildman–Crippen MR) is 95.1 cm³/mol. The number of nitrogens with two attached hydrogens (primary N) is 1. The van der Waals surface area contributed by atoms with E-state index in [4.69, 9.17) is 10.5 Å². The molecule has 0 fully saturated rings. The van der Waals surface area contributed by atoms with Gasteiger partial charge in [-0.1, -0.05) is 0 Å². The van der Waals surface area contributed by atoms with Crippen molar-refractivity contribution in [1.82, 2.24) is 16.0 Å². The number of hydrogen-bond acceptors (Lipinski definition) is 5. The van der Waals surface area contributed by atoms with Crippen molar-refractivity contribution < 1.29 is 19.1 Å². The highest BCUT2D eigenvalue weighted by Crippen LogP contribution is 2.06. The lowest BCUT2D eigenvalue weighted by Gasteiger charge is -2.19. The summed E-state index contributed by atoms with van der Waals surface area (Å²) in [6, 6.07) is 6.61. The number of carbonyl (C=O) groups is 3. The largest absolute Gasteiger partial charge is 0.444 e. The zero-order valence-corrected chi connectivity index (χ0v) is 14.8. The Morgan fingerprint density at radius 2 is 1.60 bits per heavy atom. The van der Waals surface area contributed by atoms with Crippen LogP contribution < -0.4 is 21.7 Å². The van der Waals surface area contributed by atoms with Crippen LogP contribution in [-0.4, -0.2) is 43.1 Å². The molecule has 0 unspecified atom stereocenters. The minimum absolute atomic E-state index is 0.160. The summed E-state index contributed by atoms with van der Waals surface area (Å²) in [6.45, 7) is 5.87. The Hall–Kier alpha value is -2.77. The van der Waals surface area contributed by atoms with Gasteiger partial charge in [0.1, 0.15) is 5.60 Å². The first kappa shape index (κ1) is 20.3. The number of nitrogens with one attached hydrogen (secondary N) is 3. The molecule has 1 aromatic rings. The topological polar surface area (TPSA) is 123 Å². The Morgan fingerprint density at radius 3 is 2.20 bits per heavy atom. The van der Waals surface area contributed by atoms with E-state index in [1.54, 1.807) is 45.0 Å². The lowest BCUT2D eigenvalue weighted by atomic mass is 10.2. The molecule has 8 nitrogen and oxygen atoms in total. The van der Waals surface area contributed by atoms with Crippen LogP contribution >= 0.6 is 0 Å². The van der Waals surface area contributed by atoms with Gasteiger partial charge < -0.3 is 26.4 Å². The smallest absolute Gasteiger partial charge is 0.408 e. The molecule has 0 aliphatic carbocycles. The van der Waals surface area contributed by atoms with Crippen molar-refractivity contribution in [3.05, 3.63) is 29.8 Å². The summed E-state index contributed by atoms with van der Waals surface area (Å²) >= 11 is 0. The highest BCUT2D eigenvalue weighted by atomic mass is 16.6. The molecule has 0 aliphatic rings. The van der Waals surface area contributed by atoms with Gasteiger partial charge in [0.05, 0.1) is 6.54 Å². The first-order valence-corrected chi connectivity index (χ1v) is 8.04. The van der Waals surface area contributed by atoms with Crippen molar-refractivity contribution in [3.63, 3.8) is 0 Å². The van der Waals surface area contributed by atoms with Crippen LogP contribution in [0.4, 0.5) is 10.5 Å². The van der Waals surface area contributed by atoms with Gasteiger partial charge in [-0.05, 0) is 51.5 Å². The zero-order valence-electron chi connectivity index (χ0n) is 14.8. The van der Waals surface area contributed by atoms with Gasteiger partial charge in [-0.25, -0.2) is 4.79 Å². The van der Waals surface area contributed by atoms with Crippen molar-refractivity contribution >= 4 is 23.6 Å². The van der Waals surface area contributed by atoms with Gasteiger partial charge in [0, 0.05) is 24.3 Å². The summed E-state index contributed by atoms with van der Waals surface area (Å²) in [7, 11) is 0. The molecule has 0 aliphatic heterocycles. The van der Waals surface area contributed by atoms with E-state index in [2.05, 4.69) is 16.0 Å². The van der Waals surface area contributed by atoms with Crippen molar-refractivity contribution in [2.75, 3.05) is 25.4 Å². The van der Waals surface area contributed by atoms with Gasteiger partial charge in [-0.15, -0.1) is 0 Å². The number of nitrogen functional groups attached to an aromatic ring is 1. The van der Waals surface area contributed by atoms with Crippen molar-refractivity contribution in [2.24, 2.45) is 0 Å². The molecule has 0 saturated carbocycles. The van der Waals surface area contributed by atoms with Crippen molar-refractivity contribution in [2.45, 2.75) is 32.8 Å². The molecule has 0 saturated heterocycles. The molecule has 0 heterocycles. The maximum absolute atomic E-state index is 11.8. The number of amides is 3. The Bertz CT molecular complexity index is 594. The Morgan fingerprint density at radius 1 is 1.00 bits per heavy atom. The molecule has 0 spiro atoms. The van der Waals surface area contributed by atoms with Gasteiger partial charge in [0.2, 0.25) is 5.91 Å². The summed E-state index contributed by atoms with van der Waals surface area (Å²) in [4.78, 5) is 34.8. The molecule has 25 heavy (non-hydrogen) atoms. The standard InChI is InChI=1S/C17H26N4O4/c1-17(2,3)25-16(24)21-11-14(22)19-9-4-10-20-15(23)12-5-7-13(18)8-6-12/h5-8H,4,9-11,18H2,1-3H3,(H,19,22)(H,20,23)(H,21,24). The highest BCUT2D eigenvalue weighted by Gasteiger charge is 2.16. The maximum atomic E-state index is 11.8. The molecule has 0 radical (unpaired) electrons. The second kappa shape index (κ2) is 9.51. The second-order valence-electron chi connectivity index (χ2n) is 6.44. The van der Waals surface area contributed by atoms with Crippen LogP contribution in [0.5, 0.6) is 0 Å². The Balaban J connectivity index is 2.12. The third-order valence-corrected chi connectivity index (χ3v) is 2.93. The zero-order chi connectivity index (χ0) is 18.9. The van der Waals surface area contributed by atoms with Crippen molar-refractivity contribution in [1.29, 1.82) is 0 Å². The van der Waals surface area contributed by atoms with E-state index in [1.165, 1.54) is 0 Å². The van der Waals surface area contributed by atoms with Gasteiger partial charge >= 0.3 is 6.09 Å². The maximum Gasteiger partial charge on any atom is 0.408 e. The molecule has 0 atom stereocenters. The number of anilines is 1. The van der Waals surface area contributed by atoms with Gasteiger partial charge in [0.15, 0.2) is 0 Å². The average molecular weight is 350 g/mol. The second-order valence-corrected chi connectivity index (χ2v) is 6.44. The fourth-order valence-corrected chi connectivity index (χ4v) is 1.78. The molecule has 1 rings (SSSR count). The summed E-state index contributed by atoms with van der Waals surface area (Å²) in [5, 5.41) is 7.76. The lowest BCUT2D eigenvalue weighted by Crippen LogP contribution is -2.40. The number of rotatable bonds is 7. The van der Waals surface area contributed by atoms with Gasteiger partial charge in [-0.2, -0.15) is 0 Å². The van der Waals surface area contributed by atoms with E-state index in [0.717, 1.165) is 0 Å². The predicted octanol–water partition coefficient (Wildman–Crippen LogP) is 1.03. The third kappa shape index (κ3) is 9.19. The SMILES string of the molecule is CC(C)(C)OC(=O)NCC(=O)NCCCNC(=O)c1ccc(N)cc1. The monoisotopic (exact) mass is 350 g/mol. The molecule has 1 aromatic carbocycles. The molecule has 0 bridgehead atoms. The molecular weight excluding hydrogens is 324 g/mol. The number of alkyl carbamates (subject to hydrolysis) is 1. The number of benzene rings is 1. The molecule has 3 amide bonds. The lowest BCUT2D eigenvalue weighted by molar-refractivity contribution is -0.120. The molecule has 8 heteroatoms. The van der Waals surface area contributed by atoms with Gasteiger partial charge in [-0.3, -0.25) is 9.59 Å². The van der Waals surface area contributed by atoms with E-state index in [9.17, 15) is 14.4 Å². The summed E-state index contributed by atoms with van der Waals surface area (Å²) in [6.07, 6.45) is -0.0720. The van der Waals surface area contributed by atoms with Crippen LogP contribution in [0.3, 0.4) is 0 Å². The fraction of sp³-hybridized carbons (Fsp3) is 0.471. The first-order valence-electron chi connectivity index (χ1n) is 8.04. The minimum atomic E-state index is -0.640. The normalized spacial score (nSPS) is 10.7. The van der Waals surface area contributed by atoms with E-state index < -0.39 is 11.7 Å². The first-order chi connectivity index (χ1) is 11.7. The molecular formula is C17H26N4O4. The minimum Gasteiger partial charge on any atom is -0.444 e. The number of ether oxygens (including phenoxy) is 1. The summed E-state index contributed by atoms with van der Waals surface area (Å²) in [5.41, 5.74) is 6.08. The van der Waals surface area contributed by atoms with E-state index >= 15 is 0 Å². The van der Waals surface area contributed by atoms with Crippen LogP contribution in [0.15, 0.2) is 24.3 Å². The number of carbonyl (C=O) groups excluding carboxylic acids is 3. The quantitative estimate of drug-likeness (QED) is 0.432. The van der Waals surface area contributed by atoms with Gasteiger partial charge in [0.25, 0.3) is 5.91 Å². The van der Waals surface area contributed by atoms with Crippen LogP contribution in [0, 0.1) is 0 Å². The fourth-order valence-electron chi connectivity index (χ4n) is 1.78. The van der Waals surface area contributed by atoms with Crippen molar-refractivity contribution in [3.8, 4) is 0 Å². The molecule has 138 valence electrons. The Kier molecular flexibility index (Phi) is 7.71. The summed E-state index contributed by atoms with van der Waals surface area (Å²) in [5.74, 6) is -0.520. The third-order valence-electron chi connectivity index (χ3n) is 2.93. The summed E-state index contributed by atoms with van der Waals surface area (Å²) < 4.78 is 5.02. The molecule has 5 N–H and O–H groups in total. The van der Waals surface area contributed by atoms with E-state index in [1.807, 2.05) is 0 Å². The van der Waals surface area contributed by atoms with E-state index in [-0.39, 0.29) is 18.4 Å². The molecule has 0 aromatic heterocycles. The Labute approximate surface area is 147 Å². The van der Waals surface area contributed by atoms with Crippen LogP contribution in [0.2, 0.25) is 0 Å².